The van der Waals surface area contributed by atoms with Gasteiger partial charge in [-0.1, -0.05) is 121 Å². The summed E-state index contributed by atoms with van der Waals surface area (Å²) >= 11 is 0. The summed E-state index contributed by atoms with van der Waals surface area (Å²) in [5.41, 5.74) is 5.42. The molecule has 0 radical (unpaired) electrons. The lowest BCUT2D eigenvalue weighted by atomic mass is 9.99. The van der Waals surface area contributed by atoms with Gasteiger partial charge < -0.3 is 9.13 Å². The van der Waals surface area contributed by atoms with Gasteiger partial charge in [0.15, 0.2) is 0 Å². The molecular formula is C42H28N2. The molecule has 0 fully saturated rings. The fourth-order valence-corrected chi connectivity index (χ4v) is 6.25. The minimum absolute atomic E-state index is 0.0577. The number of rotatable bonds is 4. The summed E-state index contributed by atoms with van der Waals surface area (Å²) in [7, 11) is 0. The molecule has 0 aliphatic heterocycles. The highest BCUT2D eigenvalue weighted by Crippen LogP contribution is 2.42. The molecule has 0 saturated heterocycles. The molecule has 0 amide bonds. The zero-order valence-corrected chi connectivity index (χ0v) is 23.3. The van der Waals surface area contributed by atoms with E-state index in [-0.39, 0.29) is 79.9 Å². The van der Waals surface area contributed by atoms with Crippen LogP contribution >= 0.6 is 0 Å². The first kappa shape index (κ1) is 16.7. The molecule has 0 aliphatic carbocycles. The predicted octanol–water partition coefficient (Wildman–Crippen LogP) is 11.2. The smallest absolute Gasteiger partial charge is 0.0645 e. The van der Waals surface area contributed by atoms with E-state index in [1.165, 1.54) is 0 Å². The topological polar surface area (TPSA) is 9.86 Å². The number of aromatic nitrogens is 2. The molecule has 0 bridgehead atoms. The van der Waals surface area contributed by atoms with Gasteiger partial charge in [0.2, 0.25) is 0 Å². The second kappa shape index (κ2) is 9.86. The third-order valence-corrected chi connectivity index (χ3v) is 8.17. The van der Waals surface area contributed by atoms with Crippen molar-refractivity contribution in [2.45, 2.75) is 0 Å². The van der Waals surface area contributed by atoms with Gasteiger partial charge in [-0.25, -0.2) is 0 Å². The molecule has 0 saturated carbocycles. The van der Waals surface area contributed by atoms with E-state index < -0.39 is 24.2 Å². The lowest BCUT2D eigenvalue weighted by Gasteiger charge is -2.12. The molecule has 206 valence electrons. The van der Waals surface area contributed by atoms with Crippen molar-refractivity contribution in [3.8, 4) is 33.6 Å². The standard InChI is InChI=1S/C42H28N2/c1-3-13-29(14-4-1)30-15-11-16-31(27-30)32-17-12-20-34(28-32)43-39-24-10-8-22-37(39)41-40(43)26-25-36-35-21-7-9-23-38(35)44(42(36)41)33-18-5-2-6-19-33/h1-28H/i7D,8D,9D,10D,21D,22D,23D,24D,25D,26D. The maximum atomic E-state index is 9.57. The van der Waals surface area contributed by atoms with Crippen molar-refractivity contribution in [2.75, 3.05) is 0 Å². The number of fused-ring (bicyclic) bond motifs is 7. The first-order valence-corrected chi connectivity index (χ1v) is 14.3. The third kappa shape index (κ3) is 3.75. The van der Waals surface area contributed by atoms with Crippen LogP contribution in [-0.4, -0.2) is 9.13 Å². The Balaban J connectivity index is 1.49. The molecule has 9 aromatic rings. The largest absolute Gasteiger partial charge is 0.309 e. The Morgan fingerprint density at radius 2 is 0.955 bits per heavy atom. The van der Waals surface area contributed by atoms with Crippen molar-refractivity contribution in [3.63, 3.8) is 0 Å². The zero-order valence-electron chi connectivity index (χ0n) is 33.3. The zero-order chi connectivity index (χ0) is 37.7. The Morgan fingerprint density at radius 1 is 0.386 bits per heavy atom. The summed E-state index contributed by atoms with van der Waals surface area (Å²) in [5.74, 6) is 0. The van der Waals surface area contributed by atoms with E-state index in [2.05, 4.69) is 6.07 Å². The van der Waals surface area contributed by atoms with E-state index in [0.717, 1.165) is 22.3 Å². The maximum Gasteiger partial charge on any atom is 0.0645 e. The van der Waals surface area contributed by atoms with Crippen LogP contribution in [0.2, 0.25) is 0 Å². The first-order valence-electron chi connectivity index (χ1n) is 19.3. The van der Waals surface area contributed by atoms with E-state index in [4.69, 9.17) is 8.22 Å². The highest BCUT2D eigenvalue weighted by Gasteiger charge is 2.20. The second-order valence-corrected chi connectivity index (χ2v) is 10.6. The van der Waals surface area contributed by atoms with Crippen LogP contribution in [0.1, 0.15) is 13.7 Å². The summed E-state index contributed by atoms with van der Waals surface area (Å²) in [4.78, 5) is 0. The number of hydrogen-bond donors (Lipinski definition) is 0. The molecule has 9 rings (SSSR count). The van der Waals surface area contributed by atoms with Crippen molar-refractivity contribution >= 4 is 43.6 Å². The summed E-state index contributed by atoms with van der Waals surface area (Å²) < 4.78 is 93.5. The summed E-state index contributed by atoms with van der Waals surface area (Å²) in [6, 6.07) is 30.6. The Kier molecular flexibility index (Phi) is 3.74. The second-order valence-electron chi connectivity index (χ2n) is 10.6. The van der Waals surface area contributed by atoms with Crippen LogP contribution in [0, 0.1) is 0 Å². The molecule has 2 heteroatoms. The highest BCUT2D eigenvalue weighted by atomic mass is 15.0. The lowest BCUT2D eigenvalue weighted by Crippen LogP contribution is -1.95. The fraction of sp³-hybridized carbons (Fsp3) is 0. The van der Waals surface area contributed by atoms with Gasteiger partial charge in [-0.15, -0.1) is 0 Å². The Hall–Kier alpha value is -5.86. The number of para-hydroxylation sites is 3. The van der Waals surface area contributed by atoms with Gasteiger partial charge >= 0.3 is 0 Å². The monoisotopic (exact) mass is 570 g/mol. The van der Waals surface area contributed by atoms with Crippen LogP contribution in [0.5, 0.6) is 0 Å². The number of nitrogens with zero attached hydrogens (tertiary/aromatic N) is 2. The maximum absolute atomic E-state index is 9.57. The molecular weight excluding hydrogens is 532 g/mol. The molecule has 2 aromatic heterocycles. The minimum atomic E-state index is -0.483. The third-order valence-electron chi connectivity index (χ3n) is 8.17. The lowest BCUT2D eigenvalue weighted by molar-refractivity contribution is 1.17. The van der Waals surface area contributed by atoms with Gasteiger partial charge in [0.1, 0.15) is 0 Å². The van der Waals surface area contributed by atoms with Crippen LogP contribution in [0.25, 0.3) is 77.2 Å². The van der Waals surface area contributed by atoms with E-state index >= 15 is 0 Å². The predicted molar refractivity (Wildman–Crippen MR) is 186 cm³/mol. The molecule has 2 nitrogen and oxygen atoms in total. The Labute approximate surface area is 269 Å². The summed E-state index contributed by atoms with van der Waals surface area (Å²) in [6.45, 7) is 0. The van der Waals surface area contributed by atoms with Gasteiger partial charge in [-0.05, 0) is 70.7 Å². The van der Waals surface area contributed by atoms with Crippen molar-refractivity contribution in [1.82, 2.24) is 9.13 Å². The van der Waals surface area contributed by atoms with Crippen molar-refractivity contribution < 1.29 is 13.7 Å². The van der Waals surface area contributed by atoms with Crippen LogP contribution in [-0.2, 0) is 0 Å². The molecule has 0 N–H and O–H groups in total. The molecule has 2 heterocycles. The van der Waals surface area contributed by atoms with Gasteiger partial charge in [0.05, 0.1) is 35.8 Å². The molecule has 0 unspecified atom stereocenters. The van der Waals surface area contributed by atoms with Crippen molar-refractivity contribution in [2.24, 2.45) is 0 Å². The normalized spacial score (nSPS) is 14.8. The van der Waals surface area contributed by atoms with Gasteiger partial charge in [-0.2, -0.15) is 0 Å². The molecule has 0 aliphatic rings. The van der Waals surface area contributed by atoms with Crippen LogP contribution in [0.15, 0.2) is 170 Å². The Morgan fingerprint density at radius 3 is 1.73 bits per heavy atom. The summed E-state index contributed by atoms with van der Waals surface area (Å²) in [5, 5.41) is 0.501. The quantitative estimate of drug-likeness (QED) is 0.199. The molecule has 0 spiro atoms. The average Bonchev–Trinajstić information content (AvgIpc) is 3.75. The van der Waals surface area contributed by atoms with E-state index in [1.54, 1.807) is 39.5 Å². The van der Waals surface area contributed by atoms with E-state index in [1.807, 2.05) is 72.8 Å². The summed E-state index contributed by atoms with van der Waals surface area (Å²) in [6.07, 6.45) is 0. The molecule has 7 aromatic carbocycles. The van der Waals surface area contributed by atoms with Crippen LogP contribution in [0.4, 0.5) is 0 Å². The number of benzene rings is 7. The first-order chi connectivity index (χ1) is 26.0. The molecule has 0 atom stereocenters. The van der Waals surface area contributed by atoms with Crippen molar-refractivity contribution in [3.05, 3.63) is 170 Å². The highest BCUT2D eigenvalue weighted by molar-refractivity contribution is 6.26. The van der Waals surface area contributed by atoms with Gasteiger partial charge in [0, 0.05) is 32.9 Å². The fourth-order valence-electron chi connectivity index (χ4n) is 6.25. The number of hydrogen-bond acceptors (Lipinski definition) is 0. The average molecular weight is 571 g/mol. The van der Waals surface area contributed by atoms with Crippen LogP contribution < -0.4 is 0 Å². The van der Waals surface area contributed by atoms with Crippen molar-refractivity contribution in [1.29, 1.82) is 0 Å². The van der Waals surface area contributed by atoms with Gasteiger partial charge in [0.25, 0.3) is 0 Å². The van der Waals surface area contributed by atoms with Crippen LogP contribution in [0.3, 0.4) is 0 Å². The van der Waals surface area contributed by atoms with E-state index in [9.17, 15) is 5.48 Å². The van der Waals surface area contributed by atoms with Gasteiger partial charge in [-0.3, -0.25) is 0 Å². The van der Waals surface area contributed by atoms with E-state index in [0.29, 0.717) is 11.4 Å². The molecule has 44 heavy (non-hydrogen) atoms. The minimum Gasteiger partial charge on any atom is -0.309 e. The SMILES string of the molecule is [2H]c1c([2H])c([2H])c2c(c1[2H])c1c(c([2H])c([2H])c3c4c([2H])c([2H])c([2H])c([2H])c4n(-c4ccccc4)c31)n2-c1cccc(-c2cccc(-c3ccccc3)c2)c1. The Bertz CT molecular complexity index is 3040.